The lowest BCUT2D eigenvalue weighted by Crippen LogP contribution is -2.64. The van der Waals surface area contributed by atoms with E-state index in [9.17, 15) is 39.8 Å². The first-order valence-corrected chi connectivity index (χ1v) is 27.4. The predicted octanol–water partition coefficient (Wildman–Crippen LogP) is 11.7. The number of phosphoric acid groups is 1. The molecule has 0 radical (unpaired) electrons. The molecule has 0 bridgehead atoms. The van der Waals surface area contributed by atoms with Gasteiger partial charge in [0.25, 0.3) is 0 Å². The minimum atomic E-state index is -5.04. The molecule has 12 nitrogen and oxygen atoms in total. The third-order valence-corrected chi connectivity index (χ3v) is 12.5. The first kappa shape index (κ1) is 62.5. The van der Waals surface area contributed by atoms with Gasteiger partial charge in [0.15, 0.2) is 0 Å². The van der Waals surface area contributed by atoms with Crippen LogP contribution in [0.5, 0.6) is 0 Å². The molecular formula is C54H93O12P. The molecule has 0 aromatic carbocycles. The normalized spacial score (nSPS) is 22.0. The summed E-state index contributed by atoms with van der Waals surface area (Å²) in [5.41, 5.74) is 0. The van der Waals surface area contributed by atoms with E-state index in [1.54, 1.807) is 0 Å². The lowest BCUT2D eigenvalue weighted by molar-refractivity contribution is -0.220. The van der Waals surface area contributed by atoms with Gasteiger partial charge >= 0.3 is 13.8 Å². The van der Waals surface area contributed by atoms with Gasteiger partial charge in [-0.2, -0.15) is 0 Å². The molecule has 0 spiro atoms. The fourth-order valence-electron chi connectivity index (χ4n) is 7.41. The van der Waals surface area contributed by atoms with E-state index in [0.717, 1.165) is 96.3 Å². The quantitative estimate of drug-likeness (QED) is 0.0147. The Morgan fingerprint density at radius 2 is 0.881 bits per heavy atom. The Hall–Kier alpha value is -2.48. The van der Waals surface area contributed by atoms with E-state index in [0.29, 0.717) is 13.0 Å². The van der Waals surface area contributed by atoms with Gasteiger partial charge in [-0.05, 0) is 89.9 Å². The summed E-state index contributed by atoms with van der Waals surface area (Å²) >= 11 is 0. The summed E-state index contributed by atoms with van der Waals surface area (Å²) in [6, 6.07) is 0. The fourth-order valence-corrected chi connectivity index (χ4v) is 8.38. The largest absolute Gasteiger partial charge is 0.472 e. The van der Waals surface area contributed by atoms with E-state index in [4.69, 9.17) is 18.5 Å². The fraction of sp³-hybridized carbons (Fsp3) is 0.722. The van der Waals surface area contributed by atoms with Crippen LogP contribution < -0.4 is 0 Å². The minimum Gasteiger partial charge on any atom is -0.457 e. The second-order valence-electron chi connectivity index (χ2n) is 17.6. The molecule has 1 aliphatic carbocycles. The highest BCUT2D eigenvalue weighted by atomic mass is 31.2. The van der Waals surface area contributed by atoms with Crippen molar-refractivity contribution >= 4 is 13.8 Å². The highest BCUT2D eigenvalue weighted by Crippen LogP contribution is 2.47. The van der Waals surface area contributed by atoms with Crippen molar-refractivity contribution in [3.63, 3.8) is 0 Å². The summed E-state index contributed by atoms with van der Waals surface area (Å²) in [4.78, 5) is 23.2. The first-order valence-electron chi connectivity index (χ1n) is 25.9. The molecule has 6 atom stereocenters. The molecule has 386 valence electrons. The van der Waals surface area contributed by atoms with Crippen LogP contribution in [0.3, 0.4) is 0 Å². The van der Waals surface area contributed by atoms with Crippen molar-refractivity contribution in [3.8, 4) is 0 Å². The molecule has 6 N–H and O–H groups in total. The summed E-state index contributed by atoms with van der Waals surface area (Å²) in [7, 11) is -5.04. The first-order chi connectivity index (χ1) is 32.5. The van der Waals surface area contributed by atoms with Crippen LogP contribution in [0.2, 0.25) is 0 Å². The number of phosphoric ester groups is 1. The Bertz CT molecular complexity index is 1420. The maximum absolute atomic E-state index is 12.9. The number of carbonyl (C=O) groups excluding carboxylic acids is 1. The van der Waals surface area contributed by atoms with Crippen LogP contribution in [0.25, 0.3) is 0 Å². The van der Waals surface area contributed by atoms with Gasteiger partial charge in [-0.15, -0.1) is 0 Å². The van der Waals surface area contributed by atoms with Crippen molar-refractivity contribution in [2.24, 2.45) is 0 Å². The summed E-state index contributed by atoms with van der Waals surface area (Å²) in [6.45, 7) is 4.10. The molecule has 0 aromatic rings. The molecular weight excluding hydrogens is 872 g/mol. The second kappa shape index (κ2) is 43.5. The summed E-state index contributed by atoms with van der Waals surface area (Å²) in [6.07, 6.45) is 46.4. The van der Waals surface area contributed by atoms with Gasteiger partial charge in [0.1, 0.15) is 42.7 Å². The van der Waals surface area contributed by atoms with E-state index in [1.807, 2.05) is 0 Å². The number of rotatable bonds is 43. The molecule has 0 aromatic heterocycles. The molecule has 0 saturated heterocycles. The molecule has 13 heteroatoms. The molecule has 6 unspecified atom stereocenters. The van der Waals surface area contributed by atoms with Crippen LogP contribution in [0.1, 0.15) is 187 Å². The van der Waals surface area contributed by atoms with Crippen molar-refractivity contribution in [3.05, 3.63) is 85.1 Å². The zero-order valence-corrected chi connectivity index (χ0v) is 42.3. The Balaban J connectivity index is 2.38. The molecule has 1 rings (SSSR count). The molecule has 1 aliphatic rings. The van der Waals surface area contributed by atoms with Crippen molar-refractivity contribution in [2.75, 3.05) is 19.8 Å². The maximum Gasteiger partial charge on any atom is 0.472 e. The van der Waals surface area contributed by atoms with E-state index in [-0.39, 0.29) is 13.0 Å². The van der Waals surface area contributed by atoms with Crippen molar-refractivity contribution in [1.29, 1.82) is 0 Å². The van der Waals surface area contributed by atoms with Crippen LogP contribution in [-0.2, 0) is 27.9 Å². The van der Waals surface area contributed by atoms with Gasteiger partial charge < -0.3 is 39.9 Å². The summed E-state index contributed by atoms with van der Waals surface area (Å²) < 4.78 is 34.3. The Labute approximate surface area is 405 Å². The second-order valence-corrected chi connectivity index (χ2v) is 19.0. The third-order valence-electron chi connectivity index (χ3n) is 11.5. The molecule has 1 fully saturated rings. The summed E-state index contributed by atoms with van der Waals surface area (Å²) in [5, 5.41) is 50.3. The monoisotopic (exact) mass is 965 g/mol. The number of aliphatic hydroxyl groups excluding tert-OH is 5. The number of hydrogen-bond acceptors (Lipinski definition) is 11. The molecule has 0 aliphatic heterocycles. The number of esters is 1. The van der Waals surface area contributed by atoms with Crippen LogP contribution in [0.4, 0.5) is 0 Å². The zero-order chi connectivity index (χ0) is 49.1. The number of ether oxygens (including phenoxy) is 2. The predicted molar refractivity (Wildman–Crippen MR) is 271 cm³/mol. The average molecular weight is 965 g/mol. The Kier molecular flexibility index (Phi) is 40.6. The smallest absolute Gasteiger partial charge is 0.457 e. The number of unbranched alkanes of at least 4 members (excludes halogenated alkanes) is 17. The Morgan fingerprint density at radius 3 is 1.36 bits per heavy atom. The van der Waals surface area contributed by atoms with E-state index in [1.165, 1.54) is 64.2 Å². The van der Waals surface area contributed by atoms with Gasteiger partial charge in [-0.3, -0.25) is 13.8 Å². The summed E-state index contributed by atoms with van der Waals surface area (Å²) in [5.74, 6) is -0.506. The van der Waals surface area contributed by atoms with E-state index in [2.05, 4.69) is 98.9 Å². The van der Waals surface area contributed by atoms with Crippen LogP contribution in [0.15, 0.2) is 85.1 Å². The molecule has 0 amide bonds. The standard InChI is InChI=1S/C54H93O12P/c1-3-5-7-9-11-13-15-17-19-21-22-23-24-25-26-27-29-31-33-35-37-39-41-43-48(55)65-47(46-64-67(61,62)66-54-52(59)50(57)49(56)51(58)53(54)60)45-63-44-42-40-38-36-34-32-30-28-20-18-16-14-12-10-8-6-4-2/h5,7,11,13,17,19-20,22-23,25-26,28-29,31,47,49-54,56-60H,3-4,6,8-10,12,14-16,18,21,24,27,30,32-46H2,1-2H3,(H,61,62)/b7-5-,13-11-,19-17-,23-22-,26-25-,28-20-,31-29-. The van der Waals surface area contributed by atoms with Gasteiger partial charge in [0.05, 0.1) is 13.2 Å². The van der Waals surface area contributed by atoms with E-state index < -0.39 is 63.1 Å². The third kappa shape index (κ3) is 35.3. The average Bonchev–Trinajstić information content (AvgIpc) is 3.31. The van der Waals surface area contributed by atoms with Crippen LogP contribution >= 0.6 is 7.82 Å². The van der Waals surface area contributed by atoms with Gasteiger partial charge in [-0.1, -0.05) is 176 Å². The minimum absolute atomic E-state index is 0.0960. The van der Waals surface area contributed by atoms with Crippen LogP contribution in [0, 0.1) is 0 Å². The molecule has 1 saturated carbocycles. The lowest BCUT2D eigenvalue weighted by Gasteiger charge is -2.41. The maximum atomic E-state index is 12.9. The SMILES string of the molecule is CC/C=C\C/C=C\C/C=C\C/C=C\C/C=C\C/C=C\CCCCCCC(=O)OC(COCCCCCCCC/C=C\CCCCCCCCC)COP(=O)(O)OC1C(O)C(O)C(O)C(O)C1O. The van der Waals surface area contributed by atoms with Gasteiger partial charge in [0, 0.05) is 13.0 Å². The number of carbonyl (C=O) groups is 1. The van der Waals surface area contributed by atoms with Crippen molar-refractivity contribution in [2.45, 2.75) is 230 Å². The number of aliphatic hydroxyl groups is 5. The number of allylic oxidation sites excluding steroid dienone is 14. The number of hydrogen-bond donors (Lipinski definition) is 6. The van der Waals surface area contributed by atoms with Crippen molar-refractivity contribution in [1.82, 2.24) is 0 Å². The zero-order valence-electron chi connectivity index (χ0n) is 41.4. The topological polar surface area (TPSA) is 192 Å². The lowest BCUT2D eigenvalue weighted by atomic mass is 9.85. The van der Waals surface area contributed by atoms with Gasteiger partial charge in [0.2, 0.25) is 0 Å². The highest BCUT2D eigenvalue weighted by Gasteiger charge is 2.51. The van der Waals surface area contributed by atoms with Crippen LogP contribution in [-0.4, -0.2) is 98.9 Å². The molecule has 67 heavy (non-hydrogen) atoms. The van der Waals surface area contributed by atoms with Crippen molar-refractivity contribution < 1.29 is 58.3 Å². The van der Waals surface area contributed by atoms with Gasteiger partial charge in [-0.25, -0.2) is 4.57 Å². The Morgan fingerprint density at radius 1 is 0.493 bits per heavy atom. The highest BCUT2D eigenvalue weighted by molar-refractivity contribution is 7.47. The van der Waals surface area contributed by atoms with E-state index >= 15 is 0 Å². The molecule has 0 heterocycles.